The van der Waals surface area contributed by atoms with Gasteiger partial charge in [-0.05, 0) is 12.0 Å². The molecule has 0 unspecified atom stereocenters. The maximum Gasteiger partial charge on any atom is 0.241 e. The van der Waals surface area contributed by atoms with E-state index in [2.05, 4.69) is 24.3 Å². The van der Waals surface area contributed by atoms with E-state index in [-0.39, 0.29) is 5.91 Å². The van der Waals surface area contributed by atoms with E-state index >= 15 is 0 Å². The number of nitrogens with one attached hydrogen (secondary N) is 1. The summed E-state index contributed by atoms with van der Waals surface area (Å²) in [5.74, 6) is 0.379. The number of aromatic nitrogens is 2. The average Bonchev–Trinajstić information content (AvgIpc) is 2.52. The molecule has 0 bridgehead atoms. The molecule has 13 heavy (non-hydrogen) atoms. The molecule has 0 aliphatic rings. The number of carbonyl (C=O) groups excluding carboxylic acids is 1. The number of hydrogen-bond donors (Lipinski definition) is 1. The lowest BCUT2D eigenvalue weighted by atomic mass is 10.1. The van der Waals surface area contributed by atoms with E-state index in [0.29, 0.717) is 12.5 Å². The minimum absolute atomic E-state index is 0.0293. The van der Waals surface area contributed by atoms with E-state index in [0.717, 1.165) is 5.69 Å². The van der Waals surface area contributed by atoms with Crippen molar-refractivity contribution in [1.82, 2.24) is 15.1 Å². The highest BCUT2D eigenvalue weighted by Gasteiger charge is 2.05. The third-order valence-electron chi connectivity index (χ3n) is 1.84. The predicted molar refractivity (Wildman–Crippen MR) is 50.4 cm³/mol. The number of likely N-dealkylation sites (N-methyl/N-ethyl adjacent to an activating group) is 1. The molecular formula is C9H15N3O. The van der Waals surface area contributed by atoms with Crippen LogP contribution in [0.25, 0.3) is 0 Å². The Balaban J connectivity index is 2.64. The maximum absolute atomic E-state index is 11.0. The van der Waals surface area contributed by atoms with Crippen LogP contribution in [0.3, 0.4) is 0 Å². The van der Waals surface area contributed by atoms with Crippen LogP contribution >= 0.6 is 0 Å². The zero-order valence-corrected chi connectivity index (χ0v) is 8.24. The average molecular weight is 181 g/mol. The molecule has 0 aromatic carbocycles. The molecule has 0 saturated carbocycles. The van der Waals surface area contributed by atoms with Crippen LogP contribution in [0.15, 0.2) is 12.3 Å². The first kappa shape index (κ1) is 9.77. The number of amides is 1. The first-order valence-corrected chi connectivity index (χ1v) is 4.37. The summed E-state index contributed by atoms with van der Waals surface area (Å²) in [6.45, 7) is 4.45. The SMILES string of the molecule is CNC(=O)Cn1ccc(C(C)C)n1. The van der Waals surface area contributed by atoms with Gasteiger partial charge in [-0.2, -0.15) is 5.10 Å². The summed E-state index contributed by atoms with van der Waals surface area (Å²) >= 11 is 0. The van der Waals surface area contributed by atoms with E-state index in [1.54, 1.807) is 11.7 Å². The summed E-state index contributed by atoms with van der Waals surface area (Å²) < 4.78 is 1.65. The normalized spacial score (nSPS) is 10.5. The smallest absolute Gasteiger partial charge is 0.241 e. The quantitative estimate of drug-likeness (QED) is 0.748. The van der Waals surface area contributed by atoms with Gasteiger partial charge in [-0.3, -0.25) is 9.48 Å². The molecule has 0 atom stereocenters. The molecule has 0 aliphatic heterocycles. The van der Waals surface area contributed by atoms with Crippen molar-refractivity contribution in [2.24, 2.45) is 0 Å². The molecule has 0 aliphatic carbocycles. The summed E-state index contributed by atoms with van der Waals surface area (Å²) in [5.41, 5.74) is 1.02. The van der Waals surface area contributed by atoms with Crippen LogP contribution in [-0.4, -0.2) is 22.7 Å². The fourth-order valence-corrected chi connectivity index (χ4v) is 1.000. The second-order valence-corrected chi connectivity index (χ2v) is 3.27. The predicted octanol–water partition coefficient (Wildman–Crippen LogP) is 0.752. The molecule has 1 rings (SSSR count). The lowest BCUT2D eigenvalue weighted by Gasteiger charge is -2.00. The second-order valence-electron chi connectivity index (χ2n) is 3.27. The molecule has 1 heterocycles. The van der Waals surface area contributed by atoms with Gasteiger partial charge in [-0.15, -0.1) is 0 Å². The molecule has 1 N–H and O–H groups in total. The highest BCUT2D eigenvalue weighted by atomic mass is 16.1. The summed E-state index contributed by atoms with van der Waals surface area (Å²) in [7, 11) is 1.62. The standard InChI is InChI=1S/C9H15N3O/c1-7(2)8-4-5-12(11-8)6-9(13)10-3/h4-5,7H,6H2,1-3H3,(H,10,13). The molecule has 1 aromatic rings. The fourth-order valence-electron chi connectivity index (χ4n) is 1.000. The summed E-state index contributed by atoms with van der Waals surface area (Å²) in [4.78, 5) is 11.0. The van der Waals surface area contributed by atoms with Crippen LogP contribution in [0.4, 0.5) is 0 Å². The van der Waals surface area contributed by atoms with Crippen molar-refractivity contribution in [3.63, 3.8) is 0 Å². The Hall–Kier alpha value is -1.32. The van der Waals surface area contributed by atoms with Gasteiger partial charge in [0.2, 0.25) is 5.91 Å². The monoisotopic (exact) mass is 181 g/mol. The minimum Gasteiger partial charge on any atom is -0.358 e. The van der Waals surface area contributed by atoms with Gasteiger partial charge in [-0.1, -0.05) is 13.8 Å². The molecular weight excluding hydrogens is 166 g/mol. The minimum atomic E-state index is -0.0293. The zero-order chi connectivity index (χ0) is 9.84. The largest absolute Gasteiger partial charge is 0.358 e. The zero-order valence-electron chi connectivity index (χ0n) is 8.24. The van der Waals surface area contributed by atoms with Crippen LogP contribution in [0, 0.1) is 0 Å². The highest BCUT2D eigenvalue weighted by Crippen LogP contribution is 2.09. The van der Waals surface area contributed by atoms with Crippen molar-refractivity contribution in [3.05, 3.63) is 18.0 Å². The van der Waals surface area contributed by atoms with Crippen molar-refractivity contribution in [1.29, 1.82) is 0 Å². The summed E-state index contributed by atoms with van der Waals surface area (Å²) in [5, 5.41) is 6.81. The van der Waals surface area contributed by atoms with Gasteiger partial charge in [0.25, 0.3) is 0 Å². The van der Waals surface area contributed by atoms with Gasteiger partial charge in [0.1, 0.15) is 6.54 Å². The molecule has 1 amide bonds. The van der Waals surface area contributed by atoms with Crippen molar-refractivity contribution in [2.45, 2.75) is 26.3 Å². The number of carbonyl (C=O) groups is 1. The van der Waals surface area contributed by atoms with Crippen molar-refractivity contribution in [2.75, 3.05) is 7.05 Å². The van der Waals surface area contributed by atoms with Crippen LogP contribution in [0.5, 0.6) is 0 Å². The third kappa shape index (κ3) is 2.57. The molecule has 1 aromatic heterocycles. The van der Waals surface area contributed by atoms with Gasteiger partial charge in [0, 0.05) is 13.2 Å². The van der Waals surface area contributed by atoms with E-state index in [1.165, 1.54) is 0 Å². The summed E-state index contributed by atoms with van der Waals surface area (Å²) in [6, 6.07) is 1.94. The topological polar surface area (TPSA) is 46.9 Å². The molecule has 72 valence electrons. The first-order valence-electron chi connectivity index (χ1n) is 4.37. The van der Waals surface area contributed by atoms with Crippen LogP contribution < -0.4 is 5.32 Å². The number of hydrogen-bond acceptors (Lipinski definition) is 2. The van der Waals surface area contributed by atoms with Crippen molar-refractivity contribution >= 4 is 5.91 Å². The van der Waals surface area contributed by atoms with E-state index in [1.807, 2.05) is 12.3 Å². The molecule has 4 nitrogen and oxygen atoms in total. The Morgan fingerprint density at radius 2 is 2.38 bits per heavy atom. The Kier molecular flexibility index (Phi) is 3.06. The Labute approximate surface area is 77.9 Å². The molecule has 0 radical (unpaired) electrons. The van der Waals surface area contributed by atoms with Crippen LogP contribution in [0.2, 0.25) is 0 Å². The Morgan fingerprint density at radius 1 is 1.69 bits per heavy atom. The van der Waals surface area contributed by atoms with Crippen molar-refractivity contribution < 1.29 is 4.79 Å². The van der Waals surface area contributed by atoms with Gasteiger partial charge in [0.15, 0.2) is 0 Å². The van der Waals surface area contributed by atoms with Gasteiger partial charge >= 0.3 is 0 Å². The van der Waals surface area contributed by atoms with E-state index in [9.17, 15) is 4.79 Å². The number of nitrogens with zero attached hydrogens (tertiary/aromatic N) is 2. The van der Waals surface area contributed by atoms with Crippen molar-refractivity contribution in [3.8, 4) is 0 Å². The second kappa shape index (κ2) is 4.07. The highest BCUT2D eigenvalue weighted by molar-refractivity contribution is 5.75. The Bertz CT molecular complexity index is 291. The number of rotatable bonds is 3. The molecule has 0 fully saturated rings. The van der Waals surface area contributed by atoms with Crippen LogP contribution in [0.1, 0.15) is 25.5 Å². The Morgan fingerprint density at radius 3 is 2.85 bits per heavy atom. The lowest BCUT2D eigenvalue weighted by molar-refractivity contribution is -0.121. The maximum atomic E-state index is 11.0. The third-order valence-corrected chi connectivity index (χ3v) is 1.84. The lowest BCUT2D eigenvalue weighted by Crippen LogP contribution is -2.23. The molecule has 4 heteroatoms. The van der Waals surface area contributed by atoms with Gasteiger partial charge in [-0.25, -0.2) is 0 Å². The van der Waals surface area contributed by atoms with E-state index < -0.39 is 0 Å². The van der Waals surface area contributed by atoms with Gasteiger partial charge in [0.05, 0.1) is 5.69 Å². The van der Waals surface area contributed by atoms with Crippen LogP contribution in [-0.2, 0) is 11.3 Å². The summed E-state index contributed by atoms with van der Waals surface area (Å²) in [6.07, 6.45) is 1.82. The molecule has 0 saturated heterocycles. The molecule has 0 spiro atoms. The first-order chi connectivity index (χ1) is 6.13. The van der Waals surface area contributed by atoms with E-state index in [4.69, 9.17) is 0 Å². The fraction of sp³-hybridized carbons (Fsp3) is 0.556. The van der Waals surface area contributed by atoms with Gasteiger partial charge < -0.3 is 5.32 Å².